The molecule has 0 bridgehead atoms. The normalized spacial score (nSPS) is 16.2. The van der Waals surface area contributed by atoms with E-state index >= 15 is 0 Å². The summed E-state index contributed by atoms with van der Waals surface area (Å²) in [6.07, 6.45) is 5.19. The summed E-state index contributed by atoms with van der Waals surface area (Å²) in [6, 6.07) is 11.1. The van der Waals surface area contributed by atoms with Gasteiger partial charge in [0.1, 0.15) is 23.7 Å². The number of carbonyl (C=O) groups excluding carboxylic acids is 1. The summed E-state index contributed by atoms with van der Waals surface area (Å²) in [5, 5.41) is 9.97. The van der Waals surface area contributed by atoms with Crippen molar-refractivity contribution in [3.63, 3.8) is 0 Å². The molecular formula is C24H21F2N5O. The first-order chi connectivity index (χ1) is 15.5. The first-order valence-corrected chi connectivity index (χ1v) is 10.3. The number of pyridine rings is 1. The van der Waals surface area contributed by atoms with Gasteiger partial charge in [-0.25, -0.2) is 18.7 Å². The zero-order chi connectivity index (χ0) is 22.7. The maximum absolute atomic E-state index is 14.4. The van der Waals surface area contributed by atoms with Crippen molar-refractivity contribution < 1.29 is 13.6 Å². The van der Waals surface area contributed by atoms with Crippen LogP contribution < -0.4 is 0 Å². The first-order valence-electron chi connectivity index (χ1n) is 10.3. The molecule has 1 aromatic carbocycles. The van der Waals surface area contributed by atoms with Crippen LogP contribution in [0.1, 0.15) is 41.6 Å². The van der Waals surface area contributed by atoms with Gasteiger partial charge in [0.05, 0.1) is 22.7 Å². The minimum Gasteiger partial charge on any atom is -0.338 e. The van der Waals surface area contributed by atoms with Crippen molar-refractivity contribution in [2.75, 3.05) is 13.1 Å². The summed E-state index contributed by atoms with van der Waals surface area (Å²) < 4.78 is 28.7. The molecule has 6 nitrogen and oxygen atoms in total. The van der Waals surface area contributed by atoms with Crippen LogP contribution in [-0.4, -0.2) is 38.8 Å². The van der Waals surface area contributed by atoms with Gasteiger partial charge in [0.25, 0.3) is 5.91 Å². The van der Waals surface area contributed by atoms with Crippen LogP contribution in [0.3, 0.4) is 0 Å². The van der Waals surface area contributed by atoms with E-state index in [2.05, 4.69) is 21.0 Å². The second-order valence-corrected chi connectivity index (χ2v) is 7.91. The molecule has 1 saturated heterocycles. The molecule has 0 saturated carbocycles. The Morgan fingerprint density at radius 3 is 2.44 bits per heavy atom. The maximum Gasteiger partial charge on any atom is 0.256 e. The van der Waals surface area contributed by atoms with E-state index in [9.17, 15) is 18.8 Å². The third kappa shape index (κ3) is 3.82. The molecule has 162 valence electrons. The Kier molecular flexibility index (Phi) is 5.91. The number of benzene rings is 1. The molecule has 8 heteroatoms. The van der Waals surface area contributed by atoms with Gasteiger partial charge in [0.2, 0.25) is 0 Å². The number of aromatic nitrogens is 3. The van der Waals surface area contributed by atoms with E-state index in [1.54, 1.807) is 42.4 Å². The van der Waals surface area contributed by atoms with E-state index in [0.717, 1.165) is 0 Å². The number of hydrogen-bond donors (Lipinski definition) is 0. The van der Waals surface area contributed by atoms with E-state index in [1.807, 2.05) is 0 Å². The smallest absolute Gasteiger partial charge is 0.256 e. The van der Waals surface area contributed by atoms with Gasteiger partial charge in [-0.1, -0.05) is 13.0 Å². The molecule has 0 radical (unpaired) electrons. The molecule has 0 unspecified atom stereocenters. The van der Waals surface area contributed by atoms with Crippen LogP contribution in [0.2, 0.25) is 0 Å². The molecule has 1 amide bonds. The quantitative estimate of drug-likeness (QED) is 0.610. The predicted octanol–water partition coefficient (Wildman–Crippen LogP) is 4.37. The fourth-order valence-electron chi connectivity index (χ4n) is 4.33. The minimum absolute atomic E-state index is 0.0767. The Labute approximate surface area is 184 Å². The Bertz CT molecular complexity index is 1150. The number of hydrogen-bond acceptors (Lipinski definition) is 5. The number of rotatable bonds is 4. The lowest BCUT2D eigenvalue weighted by atomic mass is 9.67. The highest BCUT2D eigenvalue weighted by Gasteiger charge is 2.43. The number of likely N-dealkylation sites (tertiary alicyclic amines) is 1. The van der Waals surface area contributed by atoms with Crippen molar-refractivity contribution in [3.8, 4) is 17.5 Å². The standard InChI is InChI=1S/C24H21F2N5O/c1-16(21-18(25)5-2-6-19(21)26)24(14-27)8-12-31(13-9-24)23(32)17-4-3-10-29-22(17)20-7-11-28-15-30-20/h2-7,10-11,15-16H,8-9,12-13H2,1H3/t16-/m0/s1. The second-order valence-electron chi connectivity index (χ2n) is 7.91. The molecule has 1 aliphatic rings. The van der Waals surface area contributed by atoms with Gasteiger partial charge >= 0.3 is 0 Å². The van der Waals surface area contributed by atoms with Crippen LogP contribution in [0.25, 0.3) is 11.4 Å². The predicted molar refractivity (Wildman–Crippen MR) is 113 cm³/mol. The molecule has 1 atom stereocenters. The van der Waals surface area contributed by atoms with Gasteiger partial charge in [-0.15, -0.1) is 0 Å². The van der Waals surface area contributed by atoms with Gasteiger partial charge in [-0.05, 0) is 43.2 Å². The van der Waals surface area contributed by atoms with E-state index < -0.39 is 23.0 Å². The Hall–Kier alpha value is -3.73. The summed E-state index contributed by atoms with van der Waals surface area (Å²) in [5.74, 6) is -2.19. The van der Waals surface area contributed by atoms with Gasteiger partial charge in [0, 0.05) is 37.0 Å². The minimum atomic E-state index is -0.968. The molecule has 1 fully saturated rings. The van der Waals surface area contributed by atoms with Gasteiger partial charge in [0.15, 0.2) is 0 Å². The van der Waals surface area contributed by atoms with Crippen molar-refractivity contribution in [1.29, 1.82) is 5.26 Å². The van der Waals surface area contributed by atoms with Crippen molar-refractivity contribution >= 4 is 5.91 Å². The SMILES string of the molecule is C[C@@H](c1c(F)cccc1F)C1(C#N)CCN(C(=O)c2cccnc2-c2ccncn2)CC1. The molecule has 3 aromatic rings. The van der Waals surface area contributed by atoms with Gasteiger partial charge in [-0.2, -0.15) is 5.26 Å². The molecule has 3 heterocycles. The molecule has 0 aliphatic carbocycles. The summed E-state index contributed by atoms with van der Waals surface area (Å²) in [7, 11) is 0. The summed E-state index contributed by atoms with van der Waals surface area (Å²) in [4.78, 5) is 27.3. The molecule has 4 rings (SSSR count). The zero-order valence-electron chi connectivity index (χ0n) is 17.5. The average Bonchev–Trinajstić information content (AvgIpc) is 2.84. The highest BCUT2D eigenvalue weighted by atomic mass is 19.1. The van der Waals surface area contributed by atoms with Crippen LogP contribution in [0.15, 0.2) is 55.1 Å². The number of piperidine rings is 1. The largest absolute Gasteiger partial charge is 0.338 e. The number of nitriles is 1. The van der Waals surface area contributed by atoms with Crippen LogP contribution in [-0.2, 0) is 0 Å². The molecule has 2 aromatic heterocycles. The van der Waals surface area contributed by atoms with Crippen LogP contribution in [0.5, 0.6) is 0 Å². The second kappa shape index (κ2) is 8.79. The number of carbonyl (C=O) groups is 1. The Morgan fingerprint density at radius 2 is 1.81 bits per heavy atom. The summed E-state index contributed by atoms with van der Waals surface area (Å²) in [5.41, 5.74) is 0.357. The lowest BCUT2D eigenvalue weighted by molar-refractivity contribution is 0.0620. The Morgan fingerprint density at radius 1 is 1.09 bits per heavy atom. The maximum atomic E-state index is 14.4. The lowest BCUT2D eigenvalue weighted by Crippen LogP contribution is -2.45. The molecule has 1 aliphatic heterocycles. The van der Waals surface area contributed by atoms with E-state index in [1.165, 1.54) is 24.5 Å². The summed E-state index contributed by atoms with van der Waals surface area (Å²) in [6.45, 7) is 2.27. The van der Waals surface area contributed by atoms with E-state index in [-0.39, 0.29) is 11.5 Å². The van der Waals surface area contributed by atoms with Gasteiger partial charge < -0.3 is 4.90 Å². The summed E-state index contributed by atoms with van der Waals surface area (Å²) >= 11 is 0. The van der Waals surface area contributed by atoms with E-state index in [4.69, 9.17) is 0 Å². The third-order valence-electron chi connectivity index (χ3n) is 6.29. The van der Waals surface area contributed by atoms with Crippen LogP contribution >= 0.6 is 0 Å². The number of amides is 1. The lowest BCUT2D eigenvalue weighted by Gasteiger charge is -2.41. The number of halogens is 2. The monoisotopic (exact) mass is 433 g/mol. The Balaban J connectivity index is 1.56. The first kappa shape index (κ1) is 21.5. The molecular weight excluding hydrogens is 412 g/mol. The average molecular weight is 433 g/mol. The van der Waals surface area contributed by atoms with Crippen molar-refractivity contribution in [2.24, 2.45) is 5.41 Å². The molecule has 0 N–H and O–H groups in total. The molecule has 32 heavy (non-hydrogen) atoms. The van der Waals surface area contributed by atoms with Gasteiger partial charge in [-0.3, -0.25) is 9.78 Å². The van der Waals surface area contributed by atoms with Crippen molar-refractivity contribution in [1.82, 2.24) is 19.9 Å². The van der Waals surface area contributed by atoms with Crippen molar-refractivity contribution in [2.45, 2.75) is 25.7 Å². The fraction of sp³-hybridized carbons (Fsp3) is 0.292. The highest BCUT2D eigenvalue weighted by Crippen LogP contribution is 2.45. The van der Waals surface area contributed by atoms with Crippen molar-refractivity contribution in [3.05, 3.63) is 77.9 Å². The topological polar surface area (TPSA) is 82.8 Å². The van der Waals surface area contributed by atoms with Crippen LogP contribution in [0.4, 0.5) is 8.78 Å². The molecule has 0 spiro atoms. The fourth-order valence-corrected chi connectivity index (χ4v) is 4.33. The third-order valence-corrected chi connectivity index (χ3v) is 6.29. The van der Waals surface area contributed by atoms with E-state index in [0.29, 0.717) is 42.9 Å². The van der Waals surface area contributed by atoms with Crippen LogP contribution in [0, 0.1) is 28.4 Å². The zero-order valence-corrected chi connectivity index (χ0v) is 17.5. The highest BCUT2D eigenvalue weighted by molar-refractivity contribution is 5.99. The number of nitrogens with zero attached hydrogens (tertiary/aromatic N) is 5.